The topological polar surface area (TPSA) is 48.1 Å². The minimum atomic E-state index is 0.327. The van der Waals surface area contributed by atoms with Crippen molar-refractivity contribution in [3.8, 4) is 11.5 Å². The lowest BCUT2D eigenvalue weighted by Gasteiger charge is -2.14. The molecule has 0 unspecified atom stereocenters. The van der Waals surface area contributed by atoms with Gasteiger partial charge in [0.1, 0.15) is 11.5 Å². The van der Waals surface area contributed by atoms with Crippen molar-refractivity contribution in [3.05, 3.63) is 50.2 Å². The van der Waals surface area contributed by atoms with E-state index in [4.69, 9.17) is 45.3 Å². The third-order valence-corrected chi connectivity index (χ3v) is 3.83. The minimum Gasteiger partial charge on any atom is -0.455 e. The number of benzene rings is 1. The molecule has 2 N–H and O–H groups in total. The van der Waals surface area contributed by atoms with E-state index >= 15 is 0 Å². The summed E-state index contributed by atoms with van der Waals surface area (Å²) in [5, 5.41) is 1.14. The van der Waals surface area contributed by atoms with Gasteiger partial charge in [0, 0.05) is 35.6 Å². The third-order valence-electron chi connectivity index (χ3n) is 2.82. The summed E-state index contributed by atoms with van der Waals surface area (Å²) in [5.74, 6) is 1.05. The SMILES string of the molecule is Cc1cc(Oc2cc(Cl)c(Cl)cc2Cl)c(CN)c(C)n1. The average Bonchev–Trinajstić information content (AvgIpc) is 2.35. The molecule has 0 aliphatic carbocycles. The van der Waals surface area contributed by atoms with Crippen LogP contribution in [0.5, 0.6) is 11.5 Å². The molecule has 0 aliphatic heterocycles. The Morgan fingerprint density at radius 2 is 1.65 bits per heavy atom. The summed E-state index contributed by atoms with van der Waals surface area (Å²) in [6.45, 7) is 4.10. The highest BCUT2D eigenvalue weighted by Gasteiger charge is 2.13. The Balaban J connectivity index is 2.47. The Labute approximate surface area is 132 Å². The monoisotopic (exact) mass is 330 g/mol. The van der Waals surface area contributed by atoms with E-state index in [9.17, 15) is 0 Å². The highest BCUT2D eigenvalue weighted by atomic mass is 35.5. The average molecular weight is 332 g/mol. The van der Waals surface area contributed by atoms with E-state index in [0.717, 1.165) is 17.0 Å². The van der Waals surface area contributed by atoms with Crippen LogP contribution in [0.1, 0.15) is 17.0 Å². The second-order valence-corrected chi connectivity index (χ2v) is 5.55. The lowest BCUT2D eigenvalue weighted by Crippen LogP contribution is -2.05. The summed E-state index contributed by atoms with van der Waals surface area (Å²) in [4.78, 5) is 4.36. The van der Waals surface area contributed by atoms with Crippen LogP contribution in [0.4, 0.5) is 0 Å². The quantitative estimate of drug-likeness (QED) is 0.813. The molecule has 106 valence electrons. The first-order chi connectivity index (χ1) is 9.42. The van der Waals surface area contributed by atoms with Crippen molar-refractivity contribution in [2.75, 3.05) is 0 Å². The van der Waals surface area contributed by atoms with Crippen LogP contribution < -0.4 is 10.5 Å². The number of aryl methyl sites for hydroxylation is 2. The molecule has 2 aromatic rings. The number of hydrogen-bond acceptors (Lipinski definition) is 3. The van der Waals surface area contributed by atoms with E-state index in [0.29, 0.717) is 33.1 Å². The van der Waals surface area contributed by atoms with E-state index in [2.05, 4.69) is 4.98 Å². The van der Waals surface area contributed by atoms with Crippen molar-refractivity contribution in [2.45, 2.75) is 20.4 Å². The Morgan fingerprint density at radius 1 is 1.00 bits per heavy atom. The Bertz CT molecular complexity index is 659. The maximum Gasteiger partial charge on any atom is 0.147 e. The number of ether oxygens (including phenoxy) is 1. The highest BCUT2D eigenvalue weighted by molar-refractivity contribution is 6.43. The molecule has 0 amide bonds. The van der Waals surface area contributed by atoms with Crippen molar-refractivity contribution in [1.82, 2.24) is 4.98 Å². The lowest BCUT2D eigenvalue weighted by atomic mass is 10.1. The van der Waals surface area contributed by atoms with Gasteiger partial charge in [-0.2, -0.15) is 0 Å². The molecule has 0 radical (unpaired) electrons. The zero-order chi connectivity index (χ0) is 14.9. The largest absolute Gasteiger partial charge is 0.455 e. The molecule has 1 aromatic carbocycles. The van der Waals surface area contributed by atoms with E-state index < -0.39 is 0 Å². The van der Waals surface area contributed by atoms with Gasteiger partial charge in [-0.15, -0.1) is 0 Å². The van der Waals surface area contributed by atoms with Crippen molar-refractivity contribution in [1.29, 1.82) is 0 Å². The van der Waals surface area contributed by atoms with Gasteiger partial charge in [-0.25, -0.2) is 0 Å². The zero-order valence-corrected chi connectivity index (χ0v) is 13.3. The smallest absolute Gasteiger partial charge is 0.147 e. The molecule has 0 spiro atoms. The fourth-order valence-electron chi connectivity index (χ4n) is 1.86. The second-order valence-electron chi connectivity index (χ2n) is 4.33. The summed E-state index contributed by atoms with van der Waals surface area (Å²) in [6.07, 6.45) is 0. The van der Waals surface area contributed by atoms with Gasteiger partial charge in [0.05, 0.1) is 15.1 Å². The molecule has 1 aromatic heterocycles. The van der Waals surface area contributed by atoms with Crippen LogP contribution in [0.25, 0.3) is 0 Å². The normalized spacial score (nSPS) is 10.7. The van der Waals surface area contributed by atoms with Gasteiger partial charge in [0.15, 0.2) is 0 Å². The molecule has 3 nitrogen and oxygen atoms in total. The Kier molecular flexibility index (Phi) is 4.76. The predicted molar refractivity (Wildman–Crippen MR) is 83.1 cm³/mol. The van der Waals surface area contributed by atoms with Gasteiger partial charge in [0.2, 0.25) is 0 Å². The van der Waals surface area contributed by atoms with Gasteiger partial charge in [0.25, 0.3) is 0 Å². The number of pyridine rings is 1. The number of hydrogen-bond donors (Lipinski definition) is 1. The van der Waals surface area contributed by atoms with Crippen molar-refractivity contribution >= 4 is 34.8 Å². The van der Waals surface area contributed by atoms with Crippen LogP contribution in [0.3, 0.4) is 0 Å². The highest BCUT2D eigenvalue weighted by Crippen LogP contribution is 2.37. The van der Waals surface area contributed by atoms with Crippen LogP contribution in [0, 0.1) is 13.8 Å². The molecule has 0 fully saturated rings. The maximum atomic E-state index is 6.11. The van der Waals surface area contributed by atoms with Crippen LogP contribution in [-0.2, 0) is 6.54 Å². The molecule has 2 rings (SSSR count). The van der Waals surface area contributed by atoms with Crippen molar-refractivity contribution in [3.63, 3.8) is 0 Å². The summed E-state index contributed by atoms with van der Waals surface area (Å²) in [7, 11) is 0. The molecule has 0 bridgehead atoms. The van der Waals surface area contributed by atoms with E-state index in [-0.39, 0.29) is 0 Å². The first-order valence-corrected chi connectivity index (χ1v) is 7.05. The molecule has 0 atom stereocenters. The number of halogens is 3. The zero-order valence-electron chi connectivity index (χ0n) is 11.0. The number of nitrogens with zero attached hydrogens (tertiary/aromatic N) is 1. The molecule has 0 aliphatic rings. The van der Waals surface area contributed by atoms with Crippen molar-refractivity contribution in [2.24, 2.45) is 5.73 Å². The van der Waals surface area contributed by atoms with Crippen LogP contribution in [0.15, 0.2) is 18.2 Å². The van der Waals surface area contributed by atoms with E-state index in [1.165, 1.54) is 0 Å². The Morgan fingerprint density at radius 3 is 2.30 bits per heavy atom. The first-order valence-electron chi connectivity index (χ1n) is 5.92. The van der Waals surface area contributed by atoms with Crippen LogP contribution in [0.2, 0.25) is 15.1 Å². The summed E-state index contributed by atoms with van der Waals surface area (Å²) < 4.78 is 5.83. The summed E-state index contributed by atoms with van der Waals surface area (Å²) in [5.41, 5.74) is 8.25. The lowest BCUT2D eigenvalue weighted by molar-refractivity contribution is 0.474. The minimum absolute atomic E-state index is 0.327. The van der Waals surface area contributed by atoms with Gasteiger partial charge < -0.3 is 10.5 Å². The predicted octanol–water partition coefficient (Wildman–Crippen LogP) is 4.91. The van der Waals surface area contributed by atoms with Crippen LogP contribution >= 0.6 is 34.8 Å². The van der Waals surface area contributed by atoms with Gasteiger partial charge >= 0.3 is 0 Å². The number of rotatable bonds is 3. The summed E-state index contributed by atoms with van der Waals surface area (Å²) >= 11 is 18.0. The van der Waals surface area contributed by atoms with Crippen LogP contribution in [-0.4, -0.2) is 4.98 Å². The Hall–Kier alpha value is -1.00. The molecule has 1 heterocycles. The molecular weight excluding hydrogens is 319 g/mol. The molecule has 20 heavy (non-hydrogen) atoms. The molecule has 6 heteroatoms. The van der Waals surface area contributed by atoms with Gasteiger partial charge in [-0.05, 0) is 19.9 Å². The fourth-order valence-corrected chi connectivity index (χ4v) is 2.44. The molecular formula is C14H13Cl3N2O. The third kappa shape index (κ3) is 3.18. The van der Waals surface area contributed by atoms with E-state index in [1.54, 1.807) is 12.1 Å². The standard InChI is InChI=1S/C14H13Cl3N2O/c1-7-3-13(9(6-18)8(2)19-7)20-14-5-11(16)10(15)4-12(14)17/h3-5H,6,18H2,1-2H3. The van der Waals surface area contributed by atoms with E-state index in [1.807, 2.05) is 19.9 Å². The number of aromatic nitrogens is 1. The van der Waals surface area contributed by atoms with Crippen molar-refractivity contribution < 1.29 is 4.74 Å². The molecule has 0 saturated heterocycles. The van der Waals surface area contributed by atoms with Gasteiger partial charge in [-0.1, -0.05) is 34.8 Å². The fraction of sp³-hybridized carbons (Fsp3) is 0.214. The van der Waals surface area contributed by atoms with Gasteiger partial charge in [-0.3, -0.25) is 4.98 Å². The molecule has 0 saturated carbocycles. The maximum absolute atomic E-state index is 6.11. The summed E-state index contributed by atoms with van der Waals surface area (Å²) in [6, 6.07) is 4.94. The number of nitrogens with two attached hydrogens (primary N) is 1. The first kappa shape index (κ1) is 15.4. The second kappa shape index (κ2) is 6.19.